The van der Waals surface area contributed by atoms with Crippen LogP contribution in [0, 0.1) is 0 Å². The summed E-state index contributed by atoms with van der Waals surface area (Å²) in [5.41, 5.74) is 1.52. The van der Waals surface area contributed by atoms with E-state index in [1.54, 1.807) is 6.07 Å². The predicted octanol–water partition coefficient (Wildman–Crippen LogP) is 1.13. The summed E-state index contributed by atoms with van der Waals surface area (Å²) in [7, 11) is 1.83. The number of aliphatic carboxylic acids is 1. The fourth-order valence-electron chi connectivity index (χ4n) is 2.03. The van der Waals surface area contributed by atoms with Crippen LogP contribution in [0.2, 0.25) is 0 Å². The molecule has 1 aliphatic heterocycles. The van der Waals surface area contributed by atoms with Crippen molar-refractivity contribution in [3.05, 3.63) is 23.3 Å². The Kier molecular flexibility index (Phi) is 4.41. The van der Waals surface area contributed by atoms with Gasteiger partial charge in [0.25, 0.3) is 0 Å². The Morgan fingerprint density at radius 1 is 1.50 bits per heavy atom. The standard InChI is InChI=1S/C13H16N2O5/c1-15(5-4-12(16)17)7-9-2-3-11-13(20-8-19-11)10(9)6-14-18/h2-3,6,18H,4-5,7-8H2,1H3,(H,16,17)/b14-6-. The van der Waals surface area contributed by atoms with Crippen LogP contribution in [-0.2, 0) is 11.3 Å². The van der Waals surface area contributed by atoms with E-state index in [2.05, 4.69) is 5.16 Å². The topological polar surface area (TPSA) is 91.6 Å². The van der Waals surface area contributed by atoms with Crippen molar-refractivity contribution >= 4 is 12.2 Å². The number of fused-ring (bicyclic) bond motifs is 1. The molecule has 0 bridgehead atoms. The monoisotopic (exact) mass is 280 g/mol. The first kappa shape index (κ1) is 14.1. The van der Waals surface area contributed by atoms with E-state index >= 15 is 0 Å². The van der Waals surface area contributed by atoms with E-state index in [1.165, 1.54) is 6.21 Å². The van der Waals surface area contributed by atoms with Crippen LogP contribution in [0.5, 0.6) is 11.5 Å². The molecule has 0 amide bonds. The maximum absolute atomic E-state index is 10.6. The molecule has 0 aliphatic carbocycles. The molecule has 0 radical (unpaired) electrons. The van der Waals surface area contributed by atoms with Gasteiger partial charge in [-0.3, -0.25) is 4.79 Å². The maximum Gasteiger partial charge on any atom is 0.304 e. The second kappa shape index (κ2) is 6.25. The van der Waals surface area contributed by atoms with Gasteiger partial charge in [-0.25, -0.2) is 0 Å². The Balaban J connectivity index is 2.17. The number of rotatable bonds is 6. The molecule has 0 saturated carbocycles. The number of hydrogen-bond acceptors (Lipinski definition) is 6. The van der Waals surface area contributed by atoms with Crippen LogP contribution < -0.4 is 9.47 Å². The number of carboxylic acids is 1. The van der Waals surface area contributed by atoms with Crippen molar-refractivity contribution in [2.45, 2.75) is 13.0 Å². The fraction of sp³-hybridized carbons (Fsp3) is 0.385. The minimum Gasteiger partial charge on any atom is -0.481 e. The van der Waals surface area contributed by atoms with Gasteiger partial charge < -0.3 is 24.7 Å². The molecule has 1 heterocycles. The highest BCUT2D eigenvalue weighted by Crippen LogP contribution is 2.36. The second-order valence-corrected chi connectivity index (χ2v) is 4.50. The van der Waals surface area contributed by atoms with Crippen molar-refractivity contribution in [2.75, 3.05) is 20.4 Å². The van der Waals surface area contributed by atoms with Gasteiger partial charge in [-0.05, 0) is 18.7 Å². The van der Waals surface area contributed by atoms with E-state index in [9.17, 15) is 4.79 Å². The number of nitrogens with zero attached hydrogens (tertiary/aromatic N) is 2. The molecular formula is C13H16N2O5. The van der Waals surface area contributed by atoms with Gasteiger partial charge in [0.2, 0.25) is 6.79 Å². The molecule has 1 aliphatic rings. The third-order valence-electron chi connectivity index (χ3n) is 3.00. The zero-order valence-corrected chi connectivity index (χ0v) is 11.1. The summed E-state index contributed by atoms with van der Waals surface area (Å²) >= 11 is 0. The molecule has 2 rings (SSSR count). The smallest absolute Gasteiger partial charge is 0.304 e. The average molecular weight is 280 g/mol. The number of hydrogen-bond donors (Lipinski definition) is 2. The van der Waals surface area contributed by atoms with Gasteiger partial charge in [0.15, 0.2) is 11.5 Å². The molecule has 108 valence electrons. The Bertz CT molecular complexity index is 530. The molecule has 0 atom stereocenters. The third kappa shape index (κ3) is 3.18. The second-order valence-electron chi connectivity index (χ2n) is 4.50. The Hall–Kier alpha value is -2.28. The molecule has 7 nitrogen and oxygen atoms in total. The Labute approximate surface area is 116 Å². The van der Waals surface area contributed by atoms with E-state index < -0.39 is 5.97 Å². The first-order valence-corrected chi connectivity index (χ1v) is 6.11. The van der Waals surface area contributed by atoms with Crippen LogP contribution >= 0.6 is 0 Å². The van der Waals surface area contributed by atoms with Crippen molar-refractivity contribution in [1.82, 2.24) is 4.90 Å². The minimum atomic E-state index is -0.834. The lowest BCUT2D eigenvalue weighted by Gasteiger charge is -2.17. The molecule has 1 aromatic rings. The third-order valence-corrected chi connectivity index (χ3v) is 3.00. The maximum atomic E-state index is 10.6. The van der Waals surface area contributed by atoms with Crippen LogP contribution in [0.1, 0.15) is 17.5 Å². The summed E-state index contributed by atoms with van der Waals surface area (Å²) in [4.78, 5) is 12.4. The molecule has 20 heavy (non-hydrogen) atoms. The molecule has 2 N–H and O–H groups in total. The largest absolute Gasteiger partial charge is 0.481 e. The summed E-state index contributed by atoms with van der Waals surface area (Å²) in [5, 5.41) is 20.5. The zero-order chi connectivity index (χ0) is 14.5. The molecule has 0 unspecified atom stereocenters. The van der Waals surface area contributed by atoms with Gasteiger partial charge in [0.1, 0.15) is 0 Å². The first-order chi connectivity index (χ1) is 9.61. The van der Waals surface area contributed by atoms with Crippen LogP contribution in [0.25, 0.3) is 0 Å². The van der Waals surface area contributed by atoms with Gasteiger partial charge >= 0.3 is 5.97 Å². The number of carbonyl (C=O) groups is 1. The normalized spacial score (nSPS) is 13.3. The van der Waals surface area contributed by atoms with Gasteiger partial charge in [-0.15, -0.1) is 0 Å². The fourth-order valence-corrected chi connectivity index (χ4v) is 2.03. The van der Waals surface area contributed by atoms with E-state index in [0.29, 0.717) is 30.2 Å². The Morgan fingerprint density at radius 3 is 3.00 bits per heavy atom. The molecule has 0 saturated heterocycles. The van der Waals surface area contributed by atoms with Crippen molar-refractivity contribution in [3.63, 3.8) is 0 Å². The van der Waals surface area contributed by atoms with E-state index in [1.807, 2.05) is 18.0 Å². The van der Waals surface area contributed by atoms with Crippen molar-refractivity contribution in [2.24, 2.45) is 5.16 Å². The van der Waals surface area contributed by atoms with Gasteiger partial charge in [-0.1, -0.05) is 11.2 Å². The molecule has 0 fully saturated rings. The summed E-state index contributed by atoms with van der Waals surface area (Å²) in [6.45, 7) is 1.09. The lowest BCUT2D eigenvalue weighted by molar-refractivity contribution is -0.137. The first-order valence-electron chi connectivity index (χ1n) is 6.11. The Morgan fingerprint density at radius 2 is 2.30 bits per heavy atom. The lowest BCUT2D eigenvalue weighted by Crippen LogP contribution is -2.22. The molecule has 0 aromatic heterocycles. The van der Waals surface area contributed by atoms with Crippen LogP contribution in [0.3, 0.4) is 0 Å². The van der Waals surface area contributed by atoms with Crippen LogP contribution in [0.4, 0.5) is 0 Å². The summed E-state index contributed by atoms with van der Waals surface area (Å²) in [6.07, 6.45) is 1.37. The van der Waals surface area contributed by atoms with Crippen LogP contribution in [0.15, 0.2) is 17.3 Å². The summed E-state index contributed by atoms with van der Waals surface area (Å²) in [5.74, 6) is 0.323. The molecule has 0 spiro atoms. The summed E-state index contributed by atoms with van der Waals surface area (Å²) in [6, 6.07) is 3.64. The van der Waals surface area contributed by atoms with Crippen molar-refractivity contribution in [1.29, 1.82) is 0 Å². The van der Waals surface area contributed by atoms with Gasteiger partial charge in [0.05, 0.1) is 12.6 Å². The highest BCUT2D eigenvalue weighted by atomic mass is 16.7. The SMILES string of the molecule is CN(CCC(=O)O)Cc1ccc2c(c1/C=N\O)OCO2. The van der Waals surface area contributed by atoms with Crippen molar-refractivity contribution < 1.29 is 24.6 Å². The number of benzene rings is 1. The van der Waals surface area contributed by atoms with Gasteiger partial charge in [0, 0.05) is 18.7 Å². The van der Waals surface area contributed by atoms with Crippen molar-refractivity contribution in [3.8, 4) is 11.5 Å². The summed E-state index contributed by atoms with van der Waals surface area (Å²) < 4.78 is 10.6. The zero-order valence-electron chi connectivity index (χ0n) is 11.1. The highest BCUT2D eigenvalue weighted by molar-refractivity contribution is 5.87. The van der Waals surface area contributed by atoms with Crippen LogP contribution in [-0.4, -0.2) is 47.8 Å². The number of carboxylic acid groups (broad SMARTS) is 1. The molecule has 7 heteroatoms. The van der Waals surface area contributed by atoms with E-state index in [0.717, 1.165) is 5.56 Å². The number of ether oxygens (including phenoxy) is 2. The average Bonchev–Trinajstić information content (AvgIpc) is 2.88. The van der Waals surface area contributed by atoms with E-state index in [4.69, 9.17) is 19.8 Å². The highest BCUT2D eigenvalue weighted by Gasteiger charge is 2.20. The molecular weight excluding hydrogens is 264 g/mol. The minimum absolute atomic E-state index is 0.0739. The predicted molar refractivity (Wildman–Crippen MR) is 70.5 cm³/mol. The van der Waals surface area contributed by atoms with E-state index in [-0.39, 0.29) is 13.2 Å². The quantitative estimate of drug-likeness (QED) is 0.461. The number of oxime groups is 1. The molecule has 1 aromatic carbocycles. The van der Waals surface area contributed by atoms with Gasteiger partial charge in [-0.2, -0.15) is 0 Å². The lowest BCUT2D eigenvalue weighted by atomic mass is 10.1.